The molecule has 0 saturated heterocycles. The summed E-state index contributed by atoms with van der Waals surface area (Å²) in [5.74, 6) is -0.274. The molecule has 0 fully saturated rings. The molecule has 0 spiro atoms. The minimum Gasteiger partial charge on any atom is -0.348 e. The summed E-state index contributed by atoms with van der Waals surface area (Å²) in [5.41, 5.74) is 1.13. The van der Waals surface area contributed by atoms with Gasteiger partial charge in [-0.15, -0.1) is 12.6 Å². The van der Waals surface area contributed by atoms with Gasteiger partial charge in [-0.2, -0.15) is 0 Å². The van der Waals surface area contributed by atoms with E-state index in [9.17, 15) is 14.9 Å². The smallest absolute Gasteiger partial charge is 0.269 e. The lowest BCUT2D eigenvalue weighted by atomic mass is 10.2. The van der Waals surface area contributed by atoms with Crippen LogP contribution >= 0.6 is 28.6 Å². The molecule has 0 atom stereocenters. The van der Waals surface area contributed by atoms with Gasteiger partial charge in [0, 0.05) is 28.0 Å². The Hall–Kier alpha value is -1.86. The molecular weight excluding hydrogens is 356 g/mol. The molecule has 0 bridgehead atoms. The molecule has 2 rings (SSSR count). The quantitative estimate of drug-likeness (QED) is 0.493. The van der Waals surface area contributed by atoms with Crippen LogP contribution in [-0.2, 0) is 6.54 Å². The molecule has 0 saturated carbocycles. The Bertz CT molecular complexity index is 706. The summed E-state index contributed by atoms with van der Waals surface area (Å²) in [6.45, 7) is 0.212. The Labute approximate surface area is 135 Å². The molecular formula is C14H11BrN2O3S. The van der Waals surface area contributed by atoms with Gasteiger partial charge in [-0.05, 0) is 39.7 Å². The predicted molar refractivity (Wildman–Crippen MR) is 85.7 cm³/mol. The first kappa shape index (κ1) is 15.5. The molecule has 0 aliphatic carbocycles. The molecule has 2 aromatic rings. The highest BCUT2D eigenvalue weighted by Gasteiger charge is 2.11. The van der Waals surface area contributed by atoms with Crippen molar-refractivity contribution in [1.82, 2.24) is 5.32 Å². The summed E-state index contributed by atoms with van der Waals surface area (Å²) in [5, 5.41) is 13.4. The van der Waals surface area contributed by atoms with E-state index in [0.717, 1.165) is 0 Å². The summed E-state index contributed by atoms with van der Waals surface area (Å²) < 4.78 is 0.664. The number of hydrogen-bond donors (Lipinski definition) is 2. The Morgan fingerprint density at radius 1 is 1.29 bits per heavy atom. The van der Waals surface area contributed by atoms with Crippen LogP contribution in [-0.4, -0.2) is 10.8 Å². The third kappa shape index (κ3) is 4.05. The van der Waals surface area contributed by atoms with Crippen molar-refractivity contribution >= 4 is 40.2 Å². The molecule has 108 valence electrons. The van der Waals surface area contributed by atoms with E-state index in [0.29, 0.717) is 20.5 Å². The molecule has 0 aromatic heterocycles. The number of benzene rings is 2. The van der Waals surface area contributed by atoms with Crippen LogP contribution in [0.2, 0.25) is 0 Å². The molecule has 5 nitrogen and oxygen atoms in total. The molecule has 0 aliphatic rings. The molecule has 1 amide bonds. The van der Waals surface area contributed by atoms with Crippen molar-refractivity contribution in [3.05, 3.63) is 68.2 Å². The highest BCUT2D eigenvalue weighted by molar-refractivity contribution is 9.10. The number of nitro groups is 1. The Morgan fingerprint density at radius 3 is 2.76 bits per heavy atom. The van der Waals surface area contributed by atoms with Crippen molar-refractivity contribution in [1.29, 1.82) is 0 Å². The van der Waals surface area contributed by atoms with E-state index in [2.05, 4.69) is 33.9 Å². The number of rotatable bonds is 4. The van der Waals surface area contributed by atoms with E-state index in [1.54, 1.807) is 30.3 Å². The normalized spacial score (nSPS) is 10.2. The minimum atomic E-state index is -0.466. The largest absolute Gasteiger partial charge is 0.348 e. The van der Waals surface area contributed by atoms with E-state index in [-0.39, 0.29) is 18.1 Å². The van der Waals surface area contributed by atoms with Crippen molar-refractivity contribution in [2.75, 3.05) is 0 Å². The van der Waals surface area contributed by atoms with Gasteiger partial charge in [0.15, 0.2) is 0 Å². The van der Waals surface area contributed by atoms with E-state index < -0.39 is 4.92 Å². The van der Waals surface area contributed by atoms with E-state index >= 15 is 0 Å². The van der Waals surface area contributed by atoms with E-state index in [4.69, 9.17) is 0 Å². The Kier molecular flexibility index (Phi) is 4.98. The van der Waals surface area contributed by atoms with Crippen LogP contribution in [0.4, 0.5) is 5.69 Å². The lowest BCUT2D eigenvalue weighted by molar-refractivity contribution is -0.384. The second-order valence-electron chi connectivity index (χ2n) is 4.27. The zero-order chi connectivity index (χ0) is 15.4. The first-order chi connectivity index (χ1) is 9.97. The molecule has 0 aliphatic heterocycles. The first-order valence-corrected chi connectivity index (χ1v) is 7.21. The lowest BCUT2D eigenvalue weighted by Crippen LogP contribution is -2.23. The summed E-state index contributed by atoms with van der Waals surface area (Å²) >= 11 is 7.50. The molecule has 2 aromatic carbocycles. The Balaban J connectivity index is 2.09. The maximum absolute atomic E-state index is 12.1. The molecule has 0 unspecified atom stereocenters. The summed E-state index contributed by atoms with van der Waals surface area (Å²) in [6.07, 6.45) is 0. The van der Waals surface area contributed by atoms with Gasteiger partial charge in [0.05, 0.1) is 10.5 Å². The van der Waals surface area contributed by atoms with Crippen LogP contribution in [0.5, 0.6) is 0 Å². The average molecular weight is 367 g/mol. The number of carbonyl (C=O) groups excluding carboxylic acids is 1. The van der Waals surface area contributed by atoms with Crippen LogP contribution in [0.15, 0.2) is 51.8 Å². The summed E-state index contributed by atoms with van der Waals surface area (Å²) in [6, 6.07) is 11.3. The van der Waals surface area contributed by atoms with Crippen LogP contribution in [0.1, 0.15) is 15.9 Å². The fraction of sp³-hybridized carbons (Fsp3) is 0.0714. The third-order valence-corrected chi connectivity index (χ3v) is 3.74. The van der Waals surface area contributed by atoms with Crippen LogP contribution in [0, 0.1) is 10.1 Å². The second kappa shape index (κ2) is 6.73. The summed E-state index contributed by atoms with van der Waals surface area (Å²) in [7, 11) is 0. The topological polar surface area (TPSA) is 72.2 Å². The lowest BCUT2D eigenvalue weighted by Gasteiger charge is -2.07. The van der Waals surface area contributed by atoms with Gasteiger partial charge in [0.2, 0.25) is 0 Å². The standard InChI is InChI=1S/C14H11BrN2O3S/c15-13-5-4-11(21)7-12(13)14(18)16-8-9-2-1-3-10(6-9)17(19)20/h1-7,21H,8H2,(H,16,18). The van der Waals surface area contributed by atoms with Gasteiger partial charge in [-0.1, -0.05) is 12.1 Å². The number of halogens is 1. The number of nitrogens with zero attached hydrogens (tertiary/aromatic N) is 1. The highest BCUT2D eigenvalue weighted by atomic mass is 79.9. The predicted octanol–water partition coefficient (Wildman–Crippen LogP) is 3.58. The SMILES string of the molecule is O=C(NCc1cccc([N+](=O)[O-])c1)c1cc(S)ccc1Br. The number of non-ortho nitro benzene ring substituents is 1. The Morgan fingerprint density at radius 2 is 2.05 bits per heavy atom. The maximum Gasteiger partial charge on any atom is 0.269 e. The number of thiol groups is 1. The minimum absolute atomic E-state index is 0.000264. The summed E-state index contributed by atoms with van der Waals surface area (Å²) in [4.78, 5) is 23.0. The first-order valence-electron chi connectivity index (χ1n) is 5.97. The number of nitro benzene ring substituents is 1. The maximum atomic E-state index is 12.1. The van der Waals surface area contributed by atoms with Crippen molar-refractivity contribution in [2.45, 2.75) is 11.4 Å². The van der Waals surface area contributed by atoms with Crippen molar-refractivity contribution in [3.63, 3.8) is 0 Å². The van der Waals surface area contributed by atoms with Gasteiger partial charge in [0.1, 0.15) is 0 Å². The van der Waals surface area contributed by atoms with Crippen molar-refractivity contribution in [3.8, 4) is 0 Å². The molecule has 7 heteroatoms. The molecule has 21 heavy (non-hydrogen) atoms. The fourth-order valence-corrected chi connectivity index (χ4v) is 2.38. The molecule has 0 heterocycles. The zero-order valence-electron chi connectivity index (χ0n) is 10.7. The number of nitrogens with one attached hydrogen (secondary N) is 1. The van der Waals surface area contributed by atoms with E-state index in [1.165, 1.54) is 12.1 Å². The fourth-order valence-electron chi connectivity index (χ4n) is 1.74. The van der Waals surface area contributed by atoms with Gasteiger partial charge >= 0.3 is 0 Å². The van der Waals surface area contributed by atoms with Gasteiger partial charge in [-0.25, -0.2) is 0 Å². The zero-order valence-corrected chi connectivity index (χ0v) is 13.2. The van der Waals surface area contributed by atoms with Gasteiger partial charge < -0.3 is 5.32 Å². The molecule has 1 N–H and O–H groups in total. The average Bonchev–Trinajstić information content (AvgIpc) is 2.47. The molecule has 0 radical (unpaired) electrons. The third-order valence-electron chi connectivity index (χ3n) is 2.77. The number of hydrogen-bond acceptors (Lipinski definition) is 4. The number of amides is 1. The number of carbonyl (C=O) groups is 1. The van der Waals surface area contributed by atoms with E-state index in [1.807, 2.05) is 0 Å². The second-order valence-corrected chi connectivity index (χ2v) is 5.64. The monoisotopic (exact) mass is 366 g/mol. The van der Waals surface area contributed by atoms with Crippen LogP contribution in [0.25, 0.3) is 0 Å². The van der Waals surface area contributed by atoms with Crippen molar-refractivity contribution in [2.24, 2.45) is 0 Å². The van der Waals surface area contributed by atoms with Gasteiger partial charge in [-0.3, -0.25) is 14.9 Å². The van der Waals surface area contributed by atoms with Crippen molar-refractivity contribution < 1.29 is 9.72 Å². The van der Waals surface area contributed by atoms with Crippen LogP contribution in [0.3, 0.4) is 0 Å². The van der Waals surface area contributed by atoms with Gasteiger partial charge in [0.25, 0.3) is 11.6 Å². The highest BCUT2D eigenvalue weighted by Crippen LogP contribution is 2.20. The van der Waals surface area contributed by atoms with Crippen LogP contribution < -0.4 is 5.32 Å².